The lowest BCUT2D eigenvalue weighted by Crippen LogP contribution is -2.48. The lowest BCUT2D eigenvalue weighted by Gasteiger charge is -2.34. The molecule has 0 spiro atoms. The molecule has 0 bridgehead atoms. The van der Waals surface area contributed by atoms with Crippen LogP contribution in [0, 0.1) is 10.1 Å². The number of nitro groups is 1. The zero-order valence-electron chi connectivity index (χ0n) is 14.2. The van der Waals surface area contributed by atoms with Gasteiger partial charge in [-0.1, -0.05) is 11.8 Å². The van der Waals surface area contributed by atoms with Crippen LogP contribution in [0.1, 0.15) is 12.0 Å². The fourth-order valence-electron chi connectivity index (χ4n) is 2.63. The monoisotopic (exact) mass is 416 g/mol. The first kappa shape index (κ1) is 18.4. The van der Waals surface area contributed by atoms with Crippen LogP contribution in [0.5, 0.6) is 0 Å². The number of rotatable bonds is 6. The molecule has 1 atom stereocenters. The number of amides is 1. The fourth-order valence-corrected chi connectivity index (χ4v) is 5.15. The number of β-lactam (4-membered cyclic amide) rings is 1. The Morgan fingerprint density at radius 1 is 1.32 bits per heavy atom. The van der Waals surface area contributed by atoms with E-state index in [2.05, 4.69) is 9.97 Å². The number of esters is 1. The third-order valence-corrected chi connectivity index (χ3v) is 6.39. The molecule has 0 N–H and O–H groups in total. The number of fused-ring (bicyclic) bond motifs is 1. The first-order valence-corrected chi connectivity index (χ1v) is 9.81. The maximum absolute atomic E-state index is 12.7. The predicted octanol–water partition coefficient (Wildman–Crippen LogP) is 2.69. The normalized spacial score (nSPS) is 17.9. The van der Waals surface area contributed by atoms with Gasteiger partial charge < -0.3 is 4.74 Å². The summed E-state index contributed by atoms with van der Waals surface area (Å²) in [4.78, 5) is 44.6. The second-order valence-electron chi connectivity index (χ2n) is 5.81. The average Bonchev–Trinajstić information content (AvgIpc) is 2.99. The fraction of sp³-hybridized carbons (Fsp3) is 0.176. The molecule has 1 aromatic heterocycles. The van der Waals surface area contributed by atoms with E-state index in [1.165, 1.54) is 52.7 Å². The van der Waals surface area contributed by atoms with Gasteiger partial charge in [0, 0.05) is 24.5 Å². The van der Waals surface area contributed by atoms with E-state index in [1.807, 2.05) is 0 Å². The number of thioether (sulfide) groups is 2. The molecule has 11 heteroatoms. The topological polar surface area (TPSA) is 116 Å². The van der Waals surface area contributed by atoms with Crippen LogP contribution in [-0.4, -0.2) is 37.0 Å². The predicted molar refractivity (Wildman–Crippen MR) is 101 cm³/mol. The number of hydrogen-bond acceptors (Lipinski definition) is 9. The second kappa shape index (κ2) is 7.60. The standard InChI is InChI=1S/C17H12N4O5S2/c22-12-8-13-20(12)14(16(27-13)28-17-18-6-1-7-19-17)15(23)26-9-10-2-4-11(5-3-10)21(24)25/h1-7,13H,8-9H2/t13-/m0/s1. The summed E-state index contributed by atoms with van der Waals surface area (Å²) in [5.41, 5.74) is 0.767. The molecule has 0 saturated carbocycles. The van der Waals surface area contributed by atoms with Crippen LogP contribution in [0.2, 0.25) is 0 Å². The van der Waals surface area contributed by atoms with Crippen molar-refractivity contribution in [3.63, 3.8) is 0 Å². The van der Waals surface area contributed by atoms with Gasteiger partial charge in [-0.15, -0.1) is 0 Å². The lowest BCUT2D eigenvalue weighted by molar-refractivity contribution is -0.384. The Morgan fingerprint density at radius 3 is 2.68 bits per heavy atom. The van der Waals surface area contributed by atoms with Crippen molar-refractivity contribution in [3.8, 4) is 0 Å². The van der Waals surface area contributed by atoms with Crippen LogP contribution in [0.25, 0.3) is 0 Å². The Kier molecular flexibility index (Phi) is 5.01. The molecule has 142 valence electrons. The van der Waals surface area contributed by atoms with Crippen molar-refractivity contribution >= 4 is 41.1 Å². The van der Waals surface area contributed by atoms with E-state index >= 15 is 0 Å². The van der Waals surface area contributed by atoms with E-state index < -0.39 is 10.9 Å². The molecule has 0 radical (unpaired) electrons. The number of hydrogen-bond donors (Lipinski definition) is 0. The van der Waals surface area contributed by atoms with E-state index in [9.17, 15) is 19.7 Å². The van der Waals surface area contributed by atoms with E-state index in [0.717, 1.165) is 0 Å². The molecule has 9 nitrogen and oxygen atoms in total. The number of carbonyl (C=O) groups excluding carboxylic acids is 2. The molecule has 2 aromatic rings. The molecule has 1 fully saturated rings. The van der Waals surface area contributed by atoms with Gasteiger partial charge in [0.15, 0.2) is 10.9 Å². The third-order valence-electron chi connectivity index (χ3n) is 4.02. The van der Waals surface area contributed by atoms with E-state index in [-0.39, 0.29) is 29.3 Å². The molecule has 1 amide bonds. The van der Waals surface area contributed by atoms with Crippen molar-refractivity contribution in [1.29, 1.82) is 0 Å². The maximum Gasteiger partial charge on any atom is 0.357 e. The molecule has 2 aliphatic rings. The summed E-state index contributed by atoms with van der Waals surface area (Å²) in [6.45, 7) is -0.0581. The zero-order chi connectivity index (χ0) is 19.7. The van der Waals surface area contributed by atoms with E-state index in [4.69, 9.17) is 4.74 Å². The van der Waals surface area contributed by atoms with Gasteiger partial charge in [-0.2, -0.15) is 0 Å². The minimum atomic E-state index is -0.625. The summed E-state index contributed by atoms with van der Waals surface area (Å²) in [5.74, 6) is -0.760. The van der Waals surface area contributed by atoms with Crippen LogP contribution >= 0.6 is 23.5 Å². The van der Waals surface area contributed by atoms with Crippen molar-refractivity contribution in [2.75, 3.05) is 0 Å². The largest absolute Gasteiger partial charge is 0.456 e. The first-order valence-electron chi connectivity index (χ1n) is 8.11. The molecule has 3 heterocycles. The summed E-state index contributed by atoms with van der Waals surface area (Å²) in [5, 5.41) is 11.1. The van der Waals surface area contributed by atoms with Crippen molar-refractivity contribution in [3.05, 3.63) is 68.3 Å². The van der Waals surface area contributed by atoms with Crippen molar-refractivity contribution < 1.29 is 19.2 Å². The third kappa shape index (κ3) is 3.58. The highest BCUT2D eigenvalue weighted by atomic mass is 32.2. The van der Waals surface area contributed by atoms with Crippen molar-refractivity contribution in [2.45, 2.75) is 23.6 Å². The number of benzene rings is 1. The number of aromatic nitrogens is 2. The SMILES string of the molecule is O=C(OCc1ccc([N+](=O)[O-])cc1)C1=C(Sc2ncccn2)S[C@H]2CC(=O)N12. The van der Waals surface area contributed by atoms with E-state index in [0.29, 0.717) is 21.4 Å². The van der Waals surface area contributed by atoms with Crippen LogP contribution in [0.4, 0.5) is 5.69 Å². The molecule has 0 aliphatic carbocycles. The summed E-state index contributed by atoms with van der Waals surface area (Å²) in [6, 6.07) is 7.42. The Hall–Kier alpha value is -2.92. The maximum atomic E-state index is 12.7. The van der Waals surface area contributed by atoms with Crippen molar-refractivity contribution in [1.82, 2.24) is 14.9 Å². The minimum absolute atomic E-state index is 0.0412. The van der Waals surface area contributed by atoms with Gasteiger partial charge in [0.05, 0.1) is 21.0 Å². The summed E-state index contributed by atoms with van der Waals surface area (Å²) >= 11 is 2.63. The van der Waals surface area contributed by atoms with Gasteiger partial charge in [0.1, 0.15) is 6.61 Å². The molecule has 2 aliphatic heterocycles. The summed E-state index contributed by atoms with van der Waals surface area (Å²) < 4.78 is 5.97. The molecular formula is C17H12N4O5S2. The molecule has 1 saturated heterocycles. The number of nitro benzene ring substituents is 1. The quantitative estimate of drug-likeness (QED) is 0.230. The number of ether oxygens (including phenoxy) is 1. The first-order chi connectivity index (χ1) is 13.5. The minimum Gasteiger partial charge on any atom is -0.456 e. The van der Waals surface area contributed by atoms with Gasteiger partial charge in [-0.05, 0) is 35.5 Å². The number of carbonyl (C=O) groups is 2. The lowest BCUT2D eigenvalue weighted by atomic mass is 10.2. The van der Waals surface area contributed by atoms with Gasteiger partial charge >= 0.3 is 5.97 Å². The number of non-ortho nitro benzene ring substituents is 1. The Balaban J connectivity index is 1.50. The smallest absolute Gasteiger partial charge is 0.357 e. The molecule has 1 aromatic carbocycles. The van der Waals surface area contributed by atoms with Gasteiger partial charge in [-0.3, -0.25) is 19.8 Å². The molecular weight excluding hydrogens is 404 g/mol. The van der Waals surface area contributed by atoms with Gasteiger partial charge in [-0.25, -0.2) is 14.8 Å². The highest BCUT2D eigenvalue weighted by Crippen LogP contribution is 2.51. The molecule has 28 heavy (non-hydrogen) atoms. The Bertz CT molecular complexity index is 981. The molecule has 0 unspecified atom stereocenters. The van der Waals surface area contributed by atoms with E-state index in [1.54, 1.807) is 18.5 Å². The zero-order valence-corrected chi connectivity index (χ0v) is 15.8. The number of nitrogens with zero attached hydrogens (tertiary/aromatic N) is 4. The Labute approximate surface area is 167 Å². The second-order valence-corrected chi connectivity index (χ2v) is 8.23. The summed E-state index contributed by atoms with van der Waals surface area (Å²) in [7, 11) is 0. The van der Waals surface area contributed by atoms with Crippen LogP contribution in [0.3, 0.4) is 0 Å². The van der Waals surface area contributed by atoms with Crippen LogP contribution < -0.4 is 0 Å². The van der Waals surface area contributed by atoms with Gasteiger partial charge in [0.2, 0.25) is 5.91 Å². The van der Waals surface area contributed by atoms with Gasteiger partial charge in [0.25, 0.3) is 5.69 Å². The van der Waals surface area contributed by atoms with Crippen molar-refractivity contribution in [2.24, 2.45) is 0 Å². The van der Waals surface area contributed by atoms with Crippen LogP contribution in [0.15, 0.2) is 57.8 Å². The molecule has 4 rings (SSSR count). The average molecular weight is 416 g/mol. The Morgan fingerprint density at radius 2 is 2.04 bits per heavy atom. The highest BCUT2D eigenvalue weighted by Gasteiger charge is 2.49. The summed E-state index contributed by atoms with van der Waals surface area (Å²) in [6.07, 6.45) is 3.56. The van der Waals surface area contributed by atoms with Crippen LogP contribution in [-0.2, 0) is 20.9 Å². The highest BCUT2D eigenvalue weighted by molar-refractivity contribution is 8.22.